The molecule has 1 aromatic rings. The molecule has 76 valence electrons. The van der Waals surface area contributed by atoms with E-state index in [9.17, 15) is 13.2 Å². The minimum absolute atomic E-state index is 0.222. The maximum atomic E-state index is 11.2. The molecule has 1 N–H and O–H groups in total. The highest BCUT2D eigenvalue weighted by molar-refractivity contribution is 7.91. The summed E-state index contributed by atoms with van der Waals surface area (Å²) in [7, 11) is -3.53. The van der Waals surface area contributed by atoms with E-state index in [0.29, 0.717) is 5.56 Å². The van der Waals surface area contributed by atoms with E-state index in [2.05, 4.69) is 0 Å². The lowest BCUT2D eigenvalue weighted by Crippen LogP contribution is -2.16. The number of carboxylic acid groups (broad SMARTS) is 1. The highest BCUT2D eigenvalue weighted by Crippen LogP contribution is 2.05. The van der Waals surface area contributed by atoms with Gasteiger partial charge in [0.05, 0.1) is 5.75 Å². The van der Waals surface area contributed by atoms with Crippen LogP contribution in [0.25, 0.3) is 0 Å². The standard InChI is InChI=1S/C9H10O4S/c10-9(11)7-14(12,13)6-8-4-2-1-3-5-8/h1-5H,6-7H2,(H,10,11). The predicted octanol–water partition coefficient (Wildman–Crippen LogP) is 0.686. The monoisotopic (exact) mass is 214 g/mol. The average Bonchev–Trinajstić information content (AvgIpc) is 2.02. The molecule has 5 heteroatoms. The van der Waals surface area contributed by atoms with E-state index in [1.807, 2.05) is 0 Å². The Morgan fingerprint density at radius 2 is 1.79 bits per heavy atom. The molecular formula is C9H10O4S. The molecule has 0 amide bonds. The van der Waals surface area contributed by atoms with E-state index in [1.165, 1.54) is 0 Å². The molecule has 0 bridgehead atoms. The number of hydrogen-bond donors (Lipinski definition) is 1. The third kappa shape index (κ3) is 3.57. The minimum Gasteiger partial charge on any atom is -0.480 e. The van der Waals surface area contributed by atoms with Crippen molar-refractivity contribution in [1.82, 2.24) is 0 Å². The van der Waals surface area contributed by atoms with Crippen LogP contribution in [-0.2, 0) is 20.4 Å². The lowest BCUT2D eigenvalue weighted by Gasteiger charge is -2.00. The first kappa shape index (κ1) is 10.7. The number of rotatable bonds is 4. The van der Waals surface area contributed by atoms with Gasteiger partial charge in [0.2, 0.25) is 0 Å². The van der Waals surface area contributed by atoms with Gasteiger partial charge in [-0.2, -0.15) is 0 Å². The first-order valence-electron chi connectivity index (χ1n) is 3.96. The van der Waals surface area contributed by atoms with Gasteiger partial charge in [-0.1, -0.05) is 30.3 Å². The molecule has 1 rings (SSSR count). The Morgan fingerprint density at radius 1 is 1.21 bits per heavy atom. The molecular weight excluding hydrogens is 204 g/mol. The SMILES string of the molecule is O=C(O)CS(=O)(=O)Cc1ccccc1. The van der Waals surface area contributed by atoms with Gasteiger partial charge in [0, 0.05) is 0 Å². The molecule has 0 unspecified atom stereocenters. The molecule has 0 saturated heterocycles. The van der Waals surface area contributed by atoms with Gasteiger partial charge in [-0.3, -0.25) is 4.79 Å². The summed E-state index contributed by atoms with van der Waals surface area (Å²) < 4.78 is 22.5. The summed E-state index contributed by atoms with van der Waals surface area (Å²) in [6.07, 6.45) is 0. The minimum atomic E-state index is -3.53. The van der Waals surface area contributed by atoms with Gasteiger partial charge >= 0.3 is 5.97 Å². The second-order valence-electron chi connectivity index (χ2n) is 2.91. The zero-order valence-electron chi connectivity index (χ0n) is 7.38. The van der Waals surface area contributed by atoms with Crippen molar-refractivity contribution in [2.45, 2.75) is 5.75 Å². The van der Waals surface area contributed by atoms with Crippen molar-refractivity contribution in [1.29, 1.82) is 0 Å². The molecule has 0 aromatic heterocycles. The Bertz CT molecular complexity index is 408. The fourth-order valence-corrected chi connectivity index (χ4v) is 2.25. The summed E-state index contributed by atoms with van der Waals surface area (Å²) in [6.45, 7) is 0. The van der Waals surface area contributed by atoms with Crippen LogP contribution in [-0.4, -0.2) is 25.2 Å². The van der Waals surface area contributed by atoms with Gasteiger partial charge in [0.1, 0.15) is 5.75 Å². The van der Waals surface area contributed by atoms with Crippen LogP contribution in [0.1, 0.15) is 5.56 Å². The van der Waals surface area contributed by atoms with E-state index in [1.54, 1.807) is 30.3 Å². The molecule has 0 aliphatic rings. The first-order valence-corrected chi connectivity index (χ1v) is 5.78. The second-order valence-corrected chi connectivity index (χ2v) is 4.98. The van der Waals surface area contributed by atoms with Gasteiger partial charge in [0.25, 0.3) is 0 Å². The van der Waals surface area contributed by atoms with Crippen molar-refractivity contribution < 1.29 is 18.3 Å². The van der Waals surface area contributed by atoms with Crippen LogP contribution in [0, 0.1) is 0 Å². The third-order valence-electron chi connectivity index (χ3n) is 1.57. The van der Waals surface area contributed by atoms with Crippen molar-refractivity contribution >= 4 is 15.8 Å². The van der Waals surface area contributed by atoms with Crippen LogP contribution in [0.2, 0.25) is 0 Å². The molecule has 0 atom stereocenters. The molecule has 4 nitrogen and oxygen atoms in total. The van der Waals surface area contributed by atoms with Crippen molar-refractivity contribution in [3.05, 3.63) is 35.9 Å². The maximum absolute atomic E-state index is 11.2. The highest BCUT2D eigenvalue weighted by Gasteiger charge is 2.15. The molecule has 14 heavy (non-hydrogen) atoms. The number of benzene rings is 1. The van der Waals surface area contributed by atoms with Crippen molar-refractivity contribution in [2.75, 3.05) is 5.75 Å². The predicted molar refractivity (Wildman–Crippen MR) is 51.6 cm³/mol. The van der Waals surface area contributed by atoms with Crippen molar-refractivity contribution in [3.63, 3.8) is 0 Å². The van der Waals surface area contributed by atoms with Crippen LogP contribution in [0.5, 0.6) is 0 Å². The molecule has 0 radical (unpaired) electrons. The van der Waals surface area contributed by atoms with E-state index in [0.717, 1.165) is 0 Å². The Kier molecular flexibility index (Phi) is 3.24. The normalized spacial score (nSPS) is 11.1. The second kappa shape index (κ2) is 4.23. The Morgan fingerprint density at radius 3 is 2.29 bits per heavy atom. The van der Waals surface area contributed by atoms with Gasteiger partial charge in [-0.05, 0) is 5.56 Å². The van der Waals surface area contributed by atoms with Crippen molar-refractivity contribution in [3.8, 4) is 0 Å². The van der Waals surface area contributed by atoms with Crippen LogP contribution < -0.4 is 0 Å². The zero-order chi connectivity index (χ0) is 10.6. The summed E-state index contributed by atoms with van der Waals surface area (Å²) in [5, 5.41) is 8.35. The third-order valence-corrected chi connectivity index (χ3v) is 3.03. The Hall–Kier alpha value is -1.36. The summed E-state index contributed by atoms with van der Waals surface area (Å²) in [5.74, 6) is -2.36. The summed E-state index contributed by atoms with van der Waals surface area (Å²) in [4.78, 5) is 10.2. The largest absolute Gasteiger partial charge is 0.480 e. The van der Waals surface area contributed by atoms with Crippen LogP contribution in [0.4, 0.5) is 0 Å². The van der Waals surface area contributed by atoms with E-state index >= 15 is 0 Å². The van der Waals surface area contributed by atoms with E-state index in [-0.39, 0.29) is 5.75 Å². The highest BCUT2D eigenvalue weighted by atomic mass is 32.2. The number of sulfone groups is 1. The number of carbonyl (C=O) groups is 1. The molecule has 0 aliphatic heterocycles. The van der Waals surface area contributed by atoms with Crippen LogP contribution >= 0.6 is 0 Å². The van der Waals surface area contributed by atoms with Crippen molar-refractivity contribution in [2.24, 2.45) is 0 Å². The van der Waals surface area contributed by atoms with E-state index < -0.39 is 21.6 Å². The zero-order valence-corrected chi connectivity index (χ0v) is 8.20. The quantitative estimate of drug-likeness (QED) is 0.800. The summed E-state index contributed by atoms with van der Waals surface area (Å²) in [5.41, 5.74) is 0.605. The maximum Gasteiger partial charge on any atom is 0.318 e. The molecule has 0 saturated carbocycles. The molecule has 0 fully saturated rings. The fourth-order valence-electron chi connectivity index (χ4n) is 1.07. The summed E-state index contributed by atoms with van der Waals surface area (Å²) in [6, 6.07) is 8.50. The van der Waals surface area contributed by atoms with Crippen LogP contribution in [0.15, 0.2) is 30.3 Å². The number of aliphatic carboxylic acids is 1. The first-order chi connectivity index (χ1) is 6.49. The average molecular weight is 214 g/mol. The number of carboxylic acids is 1. The van der Waals surface area contributed by atoms with Gasteiger partial charge in [0.15, 0.2) is 9.84 Å². The summed E-state index contributed by atoms with van der Waals surface area (Å²) >= 11 is 0. The molecule has 0 aliphatic carbocycles. The lowest BCUT2D eigenvalue weighted by atomic mass is 10.2. The topological polar surface area (TPSA) is 71.4 Å². The molecule has 0 heterocycles. The fraction of sp³-hybridized carbons (Fsp3) is 0.222. The lowest BCUT2D eigenvalue weighted by molar-refractivity contribution is -0.134. The van der Waals surface area contributed by atoms with Gasteiger partial charge in [-0.15, -0.1) is 0 Å². The van der Waals surface area contributed by atoms with Gasteiger partial charge in [-0.25, -0.2) is 8.42 Å². The Labute approximate surface area is 82.1 Å². The Balaban J connectivity index is 2.74. The van der Waals surface area contributed by atoms with E-state index in [4.69, 9.17) is 5.11 Å². The smallest absolute Gasteiger partial charge is 0.318 e. The van der Waals surface area contributed by atoms with Gasteiger partial charge < -0.3 is 5.11 Å². The number of hydrogen-bond acceptors (Lipinski definition) is 3. The molecule has 1 aromatic carbocycles. The van der Waals surface area contributed by atoms with Crippen LogP contribution in [0.3, 0.4) is 0 Å². The molecule has 0 spiro atoms.